The standard InChI is InChI=1S/C15H30N2O2/c1-12-7-6-8-13(11-12)17(4)10-9-15(2,16-3)14(18)19-5/h12-13,16H,6-11H2,1-5H3. The molecule has 1 aliphatic rings. The summed E-state index contributed by atoms with van der Waals surface area (Å²) >= 11 is 0. The van der Waals surface area contributed by atoms with Crippen molar-refractivity contribution in [2.75, 3.05) is 27.7 Å². The molecule has 4 nitrogen and oxygen atoms in total. The number of ether oxygens (including phenoxy) is 1. The van der Waals surface area contributed by atoms with Crippen LogP contribution in [0.5, 0.6) is 0 Å². The molecule has 0 aliphatic heterocycles. The molecule has 0 aromatic carbocycles. The Morgan fingerprint density at radius 2 is 2.16 bits per heavy atom. The van der Waals surface area contributed by atoms with Crippen LogP contribution in [0, 0.1) is 5.92 Å². The van der Waals surface area contributed by atoms with E-state index in [0.717, 1.165) is 18.9 Å². The number of esters is 1. The Morgan fingerprint density at radius 1 is 1.47 bits per heavy atom. The molecule has 3 unspecified atom stereocenters. The second-order valence-electron chi connectivity index (χ2n) is 6.23. The van der Waals surface area contributed by atoms with Gasteiger partial charge in [-0.1, -0.05) is 19.8 Å². The van der Waals surface area contributed by atoms with E-state index in [0.29, 0.717) is 6.04 Å². The molecule has 1 saturated carbocycles. The zero-order valence-corrected chi connectivity index (χ0v) is 13.2. The maximum Gasteiger partial charge on any atom is 0.325 e. The second-order valence-corrected chi connectivity index (χ2v) is 6.23. The van der Waals surface area contributed by atoms with Gasteiger partial charge in [0.05, 0.1) is 7.11 Å². The summed E-state index contributed by atoms with van der Waals surface area (Å²) in [5, 5.41) is 3.09. The summed E-state index contributed by atoms with van der Waals surface area (Å²) in [6.07, 6.45) is 6.04. The van der Waals surface area contributed by atoms with Gasteiger partial charge in [0.1, 0.15) is 5.54 Å². The van der Waals surface area contributed by atoms with Gasteiger partial charge < -0.3 is 15.0 Å². The molecule has 4 heteroatoms. The third-order valence-corrected chi connectivity index (χ3v) is 4.68. The zero-order chi connectivity index (χ0) is 14.5. The SMILES string of the molecule is CNC(C)(CCN(C)C1CCCC(C)C1)C(=O)OC. The van der Waals surface area contributed by atoms with Crippen molar-refractivity contribution in [1.29, 1.82) is 0 Å². The van der Waals surface area contributed by atoms with Gasteiger partial charge >= 0.3 is 5.97 Å². The van der Waals surface area contributed by atoms with Crippen molar-refractivity contribution in [2.45, 2.75) is 57.5 Å². The average molecular weight is 270 g/mol. The lowest BCUT2D eigenvalue weighted by atomic mass is 9.86. The van der Waals surface area contributed by atoms with Gasteiger partial charge in [0.25, 0.3) is 0 Å². The van der Waals surface area contributed by atoms with Crippen molar-refractivity contribution in [2.24, 2.45) is 5.92 Å². The zero-order valence-electron chi connectivity index (χ0n) is 13.2. The van der Waals surface area contributed by atoms with Crippen molar-refractivity contribution in [3.05, 3.63) is 0 Å². The predicted octanol–water partition coefficient (Wildman–Crippen LogP) is 2.04. The molecular weight excluding hydrogens is 240 g/mol. The highest BCUT2D eigenvalue weighted by atomic mass is 16.5. The highest BCUT2D eigenvalue weighted by Crippen LogP contribution is 2.27. The molecule has 19 heavy (non-hydrogen) atoms. The van der Waals surface area contributed by atoms with Crippen LogP contribution in [0.2, 0.25) is 0 Å². The number of likely N-dealkylation sites (N-methyl/N-ethyl adjacent to an activating group) is 1. The first-order valence-electron chi connectivity index (χ1n) is 7.40. The van der Waals surface area contributed by atoms with Gasteiger partial charge in [-0.15, -0.1) is 0 Å². The monoisotopic (exact) mass is 270 g/mol. The third kappa shape index (κ3) is 4.46. The van der Waals surface area contributed by atoms with Gasteiger partial charge in [0, 0.05) is 12.6 Å². The van der Waals surface area contributed by atoms with E-state index in [-0.39, 0.29) is 5.97 Å². The van der Waals surface area contributed by atoms with E-state index in [1.807, 2.05) is 14.0 Å². The Kier molecular flexibility index (Phi) is 6.27. The highest BCUT2D eigenvalue weighted by molar-refractivity contribution is 5.80. The van der Waals surface area contributed by atoms with Crippen LogP contribution in [0.25, 0.3) is 0 Å². The molecule has 0 bridgehead atoms. The maximum atomic E-state index is 11.8. The molecule has 0 aromatic heterocycles. The Morgan fingerprint density at radius 3 is 2.68 bits per heavy atom. The van der Waals surface area contributed by atoms with Gasteiger partial charge in [-0.2, -0.15) is 0 Å². The van der Waals surface area contributed by atoms with Crippen molar-refractivity contribution in [3.63, 3.8) is 0 Å². The Balaban J connectivity index is 2.47. The Hall–Kier alpha value is -0.610. The van der Waals surface area contributed by atoms with Crippen LogP contribution >= 0.6 is 0 Å². The summed E-state index contributed by atoms with van der Waals surface area (Å²) < 4.78 is 4.88. The van der Waals surface area contributed by atoms with Crippen molar-refractivity contribution < 1.29 is 9.53 Å². The minimum absolute atomic E-state index is 0.180. The molecule has 0 amide bonds. The Bertz CT molecular complexity index is 296. The van der Waals surface area contributed by atoms with Crippen LogP contribution in [0.1, 0.15) is 46.0 Å². The molecule has 1 fully saturated rings. The van der Waals surface area contributed by atoms with Gasteiger partial charge in [-0.25, -0.2) is 0 Å². The van der Waals surface area contributed by atoms with Gasteiger partial charge in [-0.05, 0) is 46.2 Å². The Labute approximate surface area is 117 Å². The van der Waals surface area contributed by atoms with E-state index >= 15 is 0 Å². The quantitative estimate of drug-likeness (QED) is 0.750. The van der Waals surface area contributed by atoms with Crippen LogP contribution in [-0.4, -0.2) is 50.2 Å². The molecule has 0 radical (unpaired) electrons. The van der Waals surface area contributed by atoms with Gasteiger partial charge in [-0.3, -0.25) is 4.79 Å². The minimum Gasteiger partial charge on any atom is -0.468 e. The van der Waals surface area contributed by atoms with E-state index in [1.54, 1.807) is 0 Å². The number of carbonyl (C=O) groups excluding carboxylic acids is 1. The lowest BCUT2D eigenvalue weighted by Gasteiger charge is -2.36. The summed E-state index contributed by atoms with van der Waals surface area (Å²) in [4.78, 5) is 14.2. The molecule has 0 saturated heterocycles. The molecular formula is C15H30N2O2. The van der Waals surface area contributed by atoms with E-state index < -0.39 is 5.54 Å². The number of hydrogen-bond donors (Lipinski definition) is 1. The predicted molar refractivity (Wildman–Crippen MR) is 78.1 cm³/mol. The van der Waals surface area contributed by atoms with Gasteiger partial charge in [0.15, 0.2) is 0 Å². The molecule has 0 aromatic rings. The summed E-state index contributed by atoms with van der Waals surface area (Å²) in [7, 11) is 5.44. The number of methoxy groups -OCH3 is 1. The molecule has 1 aliphatic carbocycles. The summed E-state index contributed by atoms with van der Waals surface area (Å²) in [5.74, 6) is 0.651. The second kappa shape index (κ2) is 7.25. The lowest BCUT2D eigenvalue weighted by Crippen LogP contribution is -2.51. The van der Waals surface area contributed by atoms with Crippen LogP contribution in [0.3, 0.4) is 0 Å². The number of nitrogens with zero attached hydrogens (tertiary/aromatic N) is 1. The number of rotatable bonds is 6. The summed E-state index contributed by atoms with van der Waals surface area (Å²) in [6.45, 7) is 5.17. The number of nitrogens with one attached hydrogen (secondary N) is 1. The van der Waals surface area contributed by atoms with Crippen LogP contribution in [-0.2, 0) is 9.53 Å². The van der Waals surface area contributed by atoms with Crippen molar-refractivity contribution in [1.82, 2.24) is 10.2 Å². The smallest absolute Gasteiger partial charge is 0.325 e. The van der Waals surface area contributed by atoms with Crippen molar-refractivity contribution >= 4 is 5.97 Å². The molecule has 1 N–H and O–H groups in total. The molecule has 112 valence electrons. The largest absolute Gasteiger partial charge is 0.468 e. The third-order valence-electron chi connectivity index (χ3n) is 4.68. The van der Waals surface area contributed by atoms with E-state index in [2.05, 4.69) is 24.2 Å². The number of carbonyl (C=O) groups is 1. The first kappa shape index (κ1) is 16.4. The number of hydrogen-bond acceptors (Lipinski definition) is 4. The topological polar surface area (TPSA) is 41.6 Å². The maximum absolute atomic E-state index is 11.8. The molecule has 0 heterocycles. The highest BCUT2D eigenvalue weighted by Gasteiger charge is 2.33. The van der Waals surface area contributed by atoms with Gasteiger partial charge in [0.2, 0.25) is 0 Å². The minimum atomic E-state index is -0.580. The van der Waals surface area contributed by atoms with Crippen LogP contribution in [0.15, 0.2) is 0 Å². The first-order valence-corrected chi connectivity index (χ1v) is 7.40. The first-order chi connectivity index (χ1) is 8.92. The van der Waals surface area contributed by atoms with Crippen LogP contribution in [0.4, 0.5) is 0 Å². The van der Waals surface area contributed by atoms with E-state index in [9.17, 15) is 4.79 Å². The molecule has 0 spiro atoms. The van der Waals surface area contributed by atoms with E-state index in [4.69, 9.17) is 4.74 Å². The molecule has 1 rings (SSSR count). The summed E-state index contributed by atoms with van der Waals surface area (Å²) in [6, 6.07) is 0.669. The lowest BCUT2D eigenvalue weighted by molar-refractivity contribution is -0.148. The molecule has 3 atom stereocenters. The average Bonchev–Trinajstić information content (AvgIpc) is 2.43. The van der Waals surface area contributed by atoms with Crippen molar-refractivity contribution in [3.8, 4) is 0 Å². The van der Waals surface area contributed by atoms with Crippen LogP contribution < -0.4 is 5.32 Å². The fourth-order valence-corrected chi connectivity index (χ4v) is 2.94. The normalized spacial score (nSPS) is 27.1. The fourth-order valence-electron chi connectivity index (χ4n) is 2.94. The fraction of sp³-hybridized carbons (Fsp3) is 0.933. The summed E-state index contributed by atoms with van der Waals surface area (Å²) in [5.41, 5.74) is -0.580. The van der Waals surface area contributed by atoms with E-state index in [1.165, 1.54) is 32.8 Å².